The number of ketones is 1. The lowest BCUT2D eigenvalue weighted by molar-refractivity contribution is -0.157. The van der Waals surface area contributed by atoms with Crippen LogP contribution < -0.4 is 38.1 Å². The fourth-order valence-electron chi connectivity index (χ4n) is 5.12. The van der Waals surface area contributed by atoms with Crippen LogP contribution in [-0.4, -0.2) is 95.2 Å². The van der Waals surface area contributed by atoms with Crippen molar-refractivity contribution < 1.29 is 48.2 Å². The van der Waals surface area contributed by atoms with Crippen molar-refractivity contribution in [2.75, 3.05) is 6.54 Å². The molecular formula is C38H50BrN7O10. The lowest BCUT2D eigenvalue weighted by Gasteiger charge is -2.31. The molecule has 10 N–H and O–H groups in total. The maximum absolute atomic E-state index is 13.8. The Morgan fingerprint density at radius 3 is 2.11 bits per heavy atom. The summed E-state index contributed by atoms with van der Waals surface area (Å²) in [6.07, 6.45) is 10.9. The maximum atomic E-state index is 13.8. The van der Waals surface area contributed by atoms with Gasteiger partial charge in [-0.2, -0.15) is 0 Å². The number of allylic oxidation sites excluding steroid dienone is 6. The minimum atomic E-state index is -1.93. The van der Waals surface area contributed by atoms with Gasteiger partial charge in [0.05, 0.1) is 17.4 Å². The Hall–Kier alpha value is -5.62. The number of amides is 6. The molecule has 0 aromatic heterocycles. The average Bonchev–Trinajstić information content (AvgIpc) is 3.14. The largest absolute Gasteiger partial charge is 0.507 e. The van der Waals surface area contributed by atoms with Gasteiger partial charge in [0.2, 0.25) is 29.5 Å². The van der Waals surface area contributed by atoms with Gasteiger partial charge in [-0.1, -0.05) is 82.7 Å². The van der Waals surface area contributed by atoms with Gasteiger partial charge in [-0.05, 0) is 52.4 Å². The van der Waals surface area contributed by atoms with E-state index >= 15 is 0 Å². The van der Waals surface area contributed by atoms with Crippen LogP contribution in [0, 0.1) is 11.8 Å². The molecule has 1 aromatic rings. The third-order valence-corrected chi connectivity index (χ3v) is 9.17. The molecule has 7 unspecified atom stereocenters. The minimum Gasteiger partial charge on any atom is -0.507 e. The predicted octanol–water partition coefficient (Wildman–Crippen LogP) is 0.311. The monoisotopic (exact) mass is 843 g/mol. The Morgan fingerprint density at radius 2 is 1.52 bits per heavy atom. The zero-order valence-corrected chi connectivity index (χ0v) is 33.3. The van der Waals surface area contributed by atoms with E-state index in [1.54, 1.807) is 76.3 Å². The van der Waals surface area contributed by atoms with Crippen LogP contribution in [0.4, 0.5) is 0 Å². The Morgan fingerprint density at radius 1 is 0.893 bits per heavy atom. The summed E-state index contributed by atoms with van der Waals surface area (Å²) in [4.78, 5) is 105. The van der Waals surface area contributed by atoms with E-state index in [9.17, 15) is 43.5 Å². The smallest absolute Gasteiger partial charge is 0.329 e. The molecule has 17 nitrogen and oxygen atoms in total. The number of Topliss-reactive ketones (excluding diaryl/α,β-unsaturated/α-hetero) is 1. The highest BCUT2D eigenvalue weighted by atomic mass is 79.9. The lowest BCUT2D eigenvalue weighted by atomic mass is 9.97. The number of benzene rings is 1. The highest BCUT2D eigenvalue weighted by Gasteiger charge is 2.40. The van der Waals surface area contributed by atoms with Crippen molar-refractivity contribution in [3.63, 3.8) is 0 Å². The molecule has 6 amide bonds. The van der Waals surface area contributed by atoms with Crippen molar-refractivity contribution in [2.24, 2.45) is 23.3 Å². The quantitative estimate of drug-likeness (QED) is 0.0579. The number of ether oxygens (including phenoxy) is 1. The Labute approximate surface area is 333 Å². The van der Waals surface area contributed by atoms with E-state index in [1.807, 2.05) is 6.08 Å². The summed E-state index contributed by atoms with van der Waals surface area (Å²) in [6, 6.07) is -2.94. The molecule has 1 fully saturated rings. The van der Waals surface area contributed by atoms with Crippen molar-refractivity contribution in [3.05, 3.63) is 70.8 Å². The number of hydrogen-bond acceptors (Lipinski definition) is 11. The standard InChI is InChI=1S/C38H50BrN7O10/c1-6-21(4)31-38(55)56-22(5)32(43-29(50)14-12-10-8-7-9-11-13-23-15-16-26(47)24(39)17-23)36(53)44-30(20(2)3)35(52)42-25(18-28(41)49)34(51)46-33(27(48)19-40)37(54)45-31/h7-17,20-22,25,30-33,47H,6,18-19,40H2,1-5H3,(H2,41,49)(H,42,52)(H,43,50)(H,44,53)(H,45,54)(H,46,51)/b9-7+,10-8+,13-11+,14-12+. The molecule has 1 heterocycles. The van der Waals surface area contributed by atoms with Crippen molar-refractivity contribution in [2.45, 2.75) is 83.8 Å². The van der Waals surface area contributed by atoms with E-state index in [-0.39, 0.29) is 5.75 Å². The number of esters is 1. The third kappa shape index (κ3) is 14.6. The van der Waals surface area contributed by atoms with Crippen LogP contribution in [0.25, 0.3) is 6.08 Å². The number of aromatic hydroxyl groups is 1. The van der Waals surface area contributed by atoms with Gasteiger partial charge >= 0.3 is 5.97 Å². The number of nitrogens with two attached hydrogens (primary N) is 2. The molecule has 0 aliphatic carbocycles. The fourth-order valence-corrected chi connectivity index (χ4v) is 5.52. The lowest BCUT2D eigenvalue weighted by Crippen LogP contribution is -2.63. The summed E-state index contributed by atoms with van der Waals surface area (Å²) in [7, 11) is 0. The van der Waals surface area contributed by atoms with E-state index in [4.69, 9.17) is 16.2 Å². The van der Waals surface area contributed by atoms with Crippen molar-refractivity contribution >= 4 is 69.2 Å². The maximum Gasteiger partial charge on any atom is 0.329 e. The first-order chi connectivity index (χ1) is 26.4. The average molecular weight is 845 g/mol. The number of phenolic OH excluding ortho intramolecular Hbond substituents is 1. The summed E-state index contributed by atoms with van der Waals surface area (Å²) in [6.45, 7) is 7.12. The van der Waals surface area contributed by atoms with Gasteiger partial charge in [0, 0.05) is 6.08 Å². The van der Waals surface area contributed by atoms with Gasteiger partial charge in [0.25, 0.3) is 5.91 Å². The van der Waals surface area contributed by atoms with E-state index in [2.05, 4.69) is 42.5 Å². The fraction of sp³-hybridized carbons (Fsp3) is 0.421. The molecule has 1 aliphatic rings. The number of phenols is 1. The molecule has 304 valence electrons. The highest BCUT2D eigenvalue weighted by molar-refractivity contribution is 9.10. The zero-order chi connectivity index (χ0) is 42.1. The molecule has 56 heavy (non-hydrogen) atoms. The van der Waals surface area contributed by atoms with Crippen LogP contribution in [0.15, 0.2) is 65.2 Å². The van der Waals surface area contributed by atoms with Crippen molar-refractivity contribution in [1.29, 1.82) is 0 Å². The molecule has 18 heteroatoms. The van der Waals surface area contributed by atoms with E-state index in [0.717, 1.165) is 11.6 Å². The molecule has 1 aliphatic heterocycles. The Kier molecular flexibility index (Phi) is 18.9. The molecule has 0 bridgehead atoms. The molecular weight excluding hydrogens is 794 g/mol. The third-order valence-electron chi connectivity index (χ3n) is 8.54. The van der Waals surface area contributed by atoms with E-state index < -0.39 is 108 Å². The normalized spacial score (nSPS) is 23.8. The number of carbonyl (C=O) groups excluding carboxylic acids is 8. The number of cyclic esters (lactones) is 1. The van der Waals surface area contributed by atoms with Crippen LogP contribution >= 0.6 is 15.9 Å². The number of nitrogens with one attached hydrogen (secondary N) is 5. The van der Waals surface area contributed by atoms with Gasteiger partial charge in [-0.25, -0.2) is 4.79 Å². The SMILES string of the molecule is CCC(C)C1NC(=O)C(C(=O)CN)NC(=O)C(CC(N)=O)NC(=O)C(C(C)C)NC(=O)C(NC(=O)/C=C/C=C/C=C/C=C/c2ccc(O)c(Br)c2)C(C)OC1=O. The van der Waals surface area contributed by atoms with Crippen molar-refractivity contribution in [3.8, 4) is 5.75 Å². The minimum absolute atomic E-state index is 0.123. The number of primary amides is 1. The summed E-state index contributed by atoms with van der Waals surface area (Å²) < 4.78 is 6.18. The van der Waals surface area contributed by atoms with Crippen LogP contribution in [0.3, 0.4) is 0 Å². The summed E-state index contributed by atoms with van der Waals surface area (Å²) >= 11 is 3.26. The molecule has 0 spiro atoms. The van der Waals surface area contributed by atoms with Crippen LogP contribution in [0.1, 0.15) is 53.0 Å². The van der Waals surface area contributed by atoms with E-state index in [1.165, 1.54) is 13.0 Å². The first-order valence-corrected chi connectivity index (χ1v) is 18.6. The van der Waals surface area contributed by atoms with Gasteiger partial charge in [-0.15, -0.1) is 0 Å². The predicted molar refractivity (Wildman–Crippen MR) is 210 cm³/mol. The first kappa shape index (κ1) is 46.5. The molecule has 2 rings (SSSR count). The van der Waals surface area contributed by atoms with Gasteiger partial charge in [0.1, 0.15) is 36.0 Å². The second-order valence-corrected chi connectivity index (χ2v) is 14.1. The summed E-state index contributed by atoms with van der Waals surface area (Å²) in [5.74, 6) is -9.00. The van der Waals surface area contributed by atoms with Crippen LogP contribution in [-0.2, 0) is 43.1 Å². The number of halogens is 1. The second kappa shape index (κ2) is 22.7. The second-order valence-electron chi connectivity index (χ2n) is 13.3. The molecule has 7 atom stereocenters. The molecule has 1 saturated heterocycles. The van der Waals surface area contributed by atoms with Gasteiger partial charge in [-0.3, -0.25) is 33.6 Å². The number of hydrogen-bond donors (Lipinski definition) is 8. The number of carbonyl (C=O) groups is 8. The summed E-state index contributed by atoms with van der Waals surface area (Å²) in [5.41, 5.74) is 11.7. The van der Waals surface area contributed by atoms with E-state index in [0.29, 0.717) is 10.9 Å². The topological polar surface area (TPSA) is 278 Å². The molecule has 0 radical (unpaired) electrons. The van der Waals surface area contributed by atoms with Gasteiger partial charge < -0.3 is 47.9 Å². The molecule has 1 aromatic carbocycles. The van der Waals surface area contributed by atoms with Crippen LogP contribution in [0.2, 0.25) is 0 Å². The Balaban J connectivity index is 2.44. The van der Waals surface area contributed by atoms with Crippen LogP contribution in [0.5, 0.6) is 5.75 Å². The summed E-state index contributed by atoms with van der Waals surface area (Å²) in [5, 5.41) is 21.6. The number of rotatable bonds is 13. The first-order valence-electron chi connectivity index (χ1n) is 17.8. The zero-order valence-electron chi connectivity index (χ0n) is 31.7. The van der Waals surface area contributed by atoms with Gasteiger partial charge in [0.15, 0.2) is 11.8 Å². The molecule has 0 saturated carbocycles. The highest BCUT2D eigenvalue weighted by Crippen LogP contribution is 2.24. The Bertz CT molecular complexity index is 1760. The van der Waals surface area contributed by atoms with Crippen molar-refractivity contribution in [1.82, 2.24) is 26.6 Å².